The van der Waals surface area contributed by atoms with Crippen LogP contribution in [0.4, 0.5) is 0 Å². The first kappa shape index (κ1) is 17.2. The summed E-state index contributed by atoms with van der Waals surface area (Å²) < 4.78 is 14.3. The quantitative estimate of drug-likeness (QED) is 0.517. The van der Waals surface area contributed by atoms with E-state index in [0.717, 1.165) is 34.1 Å². The van der Waals surface area contributed by atoms with Gasteiger partial charge in [0.2, 0.25) is 0 Å². The van der Waals surface area contributed by atoms with Gasteiger partial charge in [0.25, 0.3) is 0 Å². The number of halogens is 1. The Bertz CT molecular complexity index is 623. The van der Waals surface area contributed by atoms with Gasteiger partial charge in [-0.05, 0) is 34.1 Å². The first-order chi connectivity index (χ1) is 10.4. The van der Waals surface area contributed by atoms with Gasteiger partial charge in [-0.15, -0.1) is 0 Å². The maximum absolute atomic E-state index is 5.83. The summed E-state index contributed by atoms with van der Waals surface area (Å²) >= 11 is 3.52. The van der Waals surface area contributed by atoms with E-state index in [1.165, 1.54) is 0 Å². The monoisotopic (exact) mass is 382 g/mol. The second-order valence-electron chi connectivity index (χ2n) is 6.42. The molecule has 0 spiro atoms. The summed E-state index contributed by atoms with van der Waals surface area (Å²) in [7, 11) is 0.620. The van der Waals surface area contributed by atoms with E-state index in [1.54, 1.807) is 13.4 Å². The maximum atomic E-state index is 5.83. The van der Waals surface area contributed by atoms with Crippen LogP contribution in [-0.4, -0.2) is 31.3 Å². The molecule has 0 atom stereocenters. The number of methoxy groups -OCH3 is 1. The predicted molar refractivity (Wildman–Crippen MR) is 96.0 cm³/mol. The van der Waals surface area contributed by atoms with Crippen LogP contribution in [0, 0.1) is 0 Å². The smallest absolute Gasteiger partial charge is 0.142 e. The molecule has 0 unspecified atom stereocenters. The zero-order valence-electron chi connectivity index (χ0n) is 13.6. The lowest BCUT2D eigenvalue weighted by atomic mass is 10.1. The summed E-state index contributed by atoms with van der Waals surface area (Å²) in [5.74, 6) is 0.811. The molecule has 0 amide bonds. The standard InChI is InChI=1S/C16H23BrN2O2Si/c1-20-16-13(6-5-7-14(16)17)15-10-18-11-19(15)12-21-8-9-22(2,3)4/h5-7,10-11H,8-9,12H2,1-4H3. The Morgan fingerprint density at radius 3 is 2.73 bits per heavy atom. The van der Waals surface area contributed by atoms with Crippen molar-refractivity contribution in [3.8, 4) is 17.0 Å². The molecule has 1 aromatic carbocycles. The van der Waals surface area contributed by atoms with E-state index in [-0.39, 0.29) is 0 Å². The van der Waals surface area contributed by atoms with Gasteiger partial charge >= 0.3 is 0 Å². The van der Waals surface area contributed by atoms with Gasteiger partial charge in [-0.25, -0.2) is 4.98 Å². The van der Waals surface area contributed by atoms with Crippen molar-refractivity contribution in [2.75, 3.05) is 13.7 Å². The second kappa shape index (κ2) is 7.44. The molecule has 22 heavy (non-hydrogen) atoms. The van der Waals surface area contributed by atoms with E-state index in [1.807, 2.05) is 29.0 Å². The minimum absolute atomic E-state index is 0.509. The third-order valence-corrected chi connectivity index (χ3v) is 5.71. The Kier molecular flexibility index (Phi) is 5.83. The highest BCUT2D eigenvalue weighted by atomic mass is 79.9. The number of rotatable bonds is 7. The van der Waals surface area contributed by atoms with Gasteiger partial charge in [-0.3, -0.25) is 0 Å². The second-order valence-corrected chi connectivity index (χ2v) is 12.9. The van der Waals surface area contributed by atoms with Crippen LogP contribution in [0.2, 0.25) is 25.7 Å². The Morgan fingerprint density at radius 2 is 2.05 bits per heavy atom. The van der Waals surface area contributed by atoms with Crippen LogP contribution in [0.3, 0.4) is 0 Å². The lowest BCUT2D eigenvalue weighted by molar-refractivity contribution is 0.0881. The summed E-state index contributed by atoms with van der Waals surface area (Å²) in [4.78, 5) is 4.25. The number of hydrogen-bond donors (Lipinski definition) is 0. The van der Waals surface area contributed by atoms with E-state index in [9.17, 15) is 0 Å². The molecule has 0 saturated heterocycles. The molecule has 1 heterocycles. The number of ether oxygens (including phenoxy) is 2. The van der Waals surface area contributed by atoms with Gasteiger partial charge in [0.15, 0.2) is 0 Å². The van der Waals surface area contributed by atoms with Crippen LogP contribution in [-0.2, 0) is 11.5 Å². The van der Waals surface area contributed by atoms with E-state index in [2.05, 4.69) is 40.6 Å². The van der Waals surface area contributed by atoms with Gasteiger partial charge < -0.3 is 14.0 Å². The fourth-order valence-electron chi connectivity index (χ4n) is 2.11. The normalized spacial score (nSPS) is 11.7. The molecular weight excluding hydrogens is 360 g/mol. The largest absolute Gasteiger partial charge is 0.495 e. The Hall–Kier alpha value is -1.11. The summed E-state index contributed by atoms with van der Waals surface area (Å²) in [6.45, 7) is 8.36. The van der Waals surface area contributed by atoms with Gasteiger partial charge in [0.1, 0.15) is 12.5 Å². The summed E-state index contributed by atoms with van der Waals surface area (Å²) in [5.41, 5.74) is 1.99. The van der Waals surface area contributed by atoms with E-state index in [0.29, 0.717) is 6.73 Å². The van der Waals surface area contributed by atoms with Crippen LogP contribution in [0.25, 0.3) is 11.3 Å². The van der Waals surface area contributed by atoms with Crippen LogP contribution < -0.4 is 4.74 Å². The molecule has 0 aliphatic carbocycles. The van der Waals surface area contributed by atoms with Crippen molar-refractivity contribution in [3.63, 3.8) is 0 Å². The molecule has 0 aliphatic heterocycles. The van der Waals surface area contributed by atoms with Gasteiger partial charge in [0, 0.05) is 20.2 Å². The first-order valence-electron chi connectivity index (χ1n) is 7.33. The van der Waals surface area contributed by atoms with E-state index < -0.39 is 8.07 Å². The number of nitrogens with zero attached hydrogens (tertiary/aromatic N) is 2. The van der Waals surface area contributed by atoms with Crippen molar-refractivity contribution in [2.24, 2.45) is 0 Å². The number of hydrogen-bond acceptors (Lipinski definition) is 3. The highest BCUT2D eigenvalue weighted by Gasteiger charge is 2.14. The van der Waals surface area contributed by atoms with Crippen molar-refractivity contribution < 1.29 is 9.47 Å². The Morgan fingerprint density at radius 1 is 1.27 bits per heavy atom. The van der Waals surface area contributed by atoms with Crippen LogP contribution in [0.5, 0.6) is 5.75 Å². The molecule has 2 aromatic rings. The predicted octanol–water partition coefficient (Wildman–Crippen LogP) is 4.63. The zero-order chi connectivity index (χ0) is 16.2. The van der Waals surface area contributed by atoms with Crippen LogP contribution in [0.1, 0.15) is 0 Å². The molecule has 2 rings (SSSR count). The number of para-hydroxylation sites is 1. The van der Waals surface area contributed by atoms with E-state index in [4.69, 9.17) is 9.47 Å². The molecule has 0 N–H and O–H groups in total. The molecule has 120 valence electrons. The van der Waals surface area contributed by atoms with Crippen LogP contribution in [0.15, 0.2) is 35.2 Å². The van der Waals surface area contributed by atoms with Gasteiger partial charge in [0.05, 0.1) is 29.8 Å². The first-order valence-corrected chi connectivity index (χ1v) is 11.8. The summed E-state index contributed by atoms with van der Waals surface area (Å²) in [6, 6.07) is 7.15. The number of imidazole rings is 1. The fraction of sp³-hybridized carbons (Fsp3) is 0.438. The molecule has 0 radical (unpaired) electrons. The lowest BCUT2D eigenvalue weighted by Crippen LogP contribution is -2.22. The highest BCUT2D eigenvalue weighted by molar-refractivity contribution is 9.10. The van der Waals surface area contributed by atoms with Crippen molar-refractivity contribution in [1.82, 2.24) is 9.55 Å². The molecular formula is C16H23BrN2O2Si. The van der Waals surface area contributed by atoms with Crippen molar-refractivity contribution in [1.29, 1.82) is 0 Å². The SMILES string of the molecule is COc1c(Br)cccc1-c1cncn1COCC[Si](C)(C)C. The summed E-state index contributed by atoms with van der Waals surface area (Å²) in [6.07, 6.45) is 3.64. The number of benzene rings is 1. The van der Waals surface area contributed by atoms with Crippen molar-refractivity contribution >= 4 is 24.0 Å². The molecule has 0 saturated carbocycles. The molecule has 6 heteroatoms. The van der Waals surface area contributed by atoms with Crippen LogP contribution >= 0.6 is 15.9 Å². The zero-order valence-corrected chi connectivity index (χ0v) is 16.2. The highest BCUT2D eigenvalue weighted by Crippen LogP contribution is 2.35. The van der Waals surface area contributed by atoms with Gasteiger partial charge in [-0.2, -0.15) is 0 Å². The number of aromatic nitrogens is 2. The maximum Gasteiger partial charge on any atom is 0.142 e. The molecule has 4 nitrogen and oxygen atoms in total. The molecule has 0 fully saturated rings. The van der Waals surface area contributed by atoms with Crippen molar-refractivity contribution in [2.45, 2.75) is 32.4 Å². The lowest BCUT2D eigenvalue weighted by Gasteiger charge is -2.16. The average molecular weight is 383 g/mol. The third kappa shape index (κ3) is 4.44. The van der Waals surface area contributed by atoms with E-state index >= 15 is 0 Å². The van der Waals surface area contributed by atoms with Crippen molar-refractivity contribution in [3.05, 3.63) is 35.2 Å². The fourth-order valence-corrected chi connectivity index (χ4v) is 3.39. The Labute approximate surface area is 141 Å². The van der Waals surface area contributed by atoms with Gasteiger partial charge in [-0.1, -0.05) is 25.7 Å². The summed E-state index contributed by atoms with van der Waals surface area (Å²) in [5, 5.41) is 0. The third-order valence-electron chi connectivity index (χ3n) is 3.39. The minimum atomic E-state index is -1.06. The average Bonchev–Trinajstić information content (AvgIpc) is 2.90. The molecule has 0 bridgehead atoms. The minimum Gasteiger partial charge on any atom is -0.495 e. The topological polar surface area (TPSA) is 36.3 Å². The molecule has 1 aromatic heterocycles. The Balaban J connectivity index is 2.12. The molecule has 0 aliphatic rings.